The first-order chi connectivity index (χ1) is 17.4. The normalized spacial score (nSPS) is 30.7. The Bertz CT molecular complexity index is 1120. The second-order valence-corrected chi connectivity index (χ2v) is 11.6. The minimum atomic E-state index is -0.186. The van der Waals surface area contributed by atoms with Crippen LogP contribution < -0.4 is 0 Å². The number of carbonyl (C=O) groups is 1. The third kappa shape index (κ3) is 4.28. The van der Waals surface area contributed by atoms with E-state index in [2.05, 4.69) is 28.2 Å². The predicted octanol–water partition coefficient (Wildman–Crippen LogP) is 4.14. The summed E-state index contributed by atoms with van der Waals surface area (Å²) in [6.07, 6.45) is 6.00. The van der Waals surface area contributed by atoms with E-state index in [0.717, 1.165) is 44.7 Å². The van der Waals surface area contributed by atoms with Gasteiger partial charge in [-0.15, -0.1) is 0 Å². The highest BCUT2D eigenvalue weighted by Gasteiger charge is 2.45. The number of rotatable bonds is 5. The summed E-state index contributed by atoms with van der Waals surface area (Å²) >= 11 is 0. The number of aromatic nitrogens is 2. The molecule has 3 fully saturated rings. The summed E-state index contributed by atoms with van der Waals surface area (Å²) < 4.78 is 16.7. The topological polar surface area (TPSA) is 44.6 Å². The molecule has 2 bridgehead atoms. The smallest absolute Gasteiger partial charge is 0.219 e. The zero-order chi connectivity index (χ0) is 25.0. The van der Waals surface area contributed by atoms with E-state index in [0.29, 0.717) is 30.6 Å². The Balaban J connectivity index is 1.20. The Labute approximate surface area is 214 Å². The molecule has 5 atom stereocenters. The molecule has 4 aliphatic rings. The first-order valence-corrected chi connectivity index (χ1v) is 14.0. The minimum absolute atomic E-state index is 0.127. The van der Waals surface area contributed by atoms with Crippen molar-refractivity contribution in [3.8, 4) is 0 Å². The van der Waals surface area contributed by atoms with Gasteiger partial charge in [-0.3, -0.25) is 14.6 Å². The number of benzene rings is 1. The summed E-state index contributed by atoms with van der Waals surface area (Å²) in [5, 5.41) is 0. The van der Waals surface area contributed by atoms with Crippen molar-refractivity contribution in [3.05, 3.63) is 52.9 Å². The van der Waals surface area contributed by atoms with E-state index >= 15 is 0 Å². The number of fused-ring (bicyclic) bond motifs is 3. The van der Waals surface area contributed by atoms with E-state index in [1.165, 1.54) is 49.0 Å². The van der Waals surface area contributed by atoms with Crippen LogP contribution in [0.2, 0.25) is 0 Å². The van der Waals surface area contributed by atoms with Gasteiger partial charge in [0, 0.05) is 75.8 Å². The lowest BCUT2D eigenvalue weighted by molar-refractivity contribution is -0.128. The second kappa shape index (κ2) is 9.56. The van der Waals surface area contributed by atoms with E-state index in [4.69, 9.17) is 4.98 Å². The van der Waals surface area contributed by atoms with E-state index in [9.17, 15) is 9.18 Å². The molecule has 6 rings (SSSR count). The molecule has 1 aromatic heterocycles. The van der Waals surface area contributed by atoms with Crippen molar-refractivity contribution in [1.82, 2.24) is 24.3 Å². The summed E-state index contributed by atoms with van der Waals surface area (Å²) in [4.78, 5) is 24.5. The maximum Gasteiger partial charge on any atom is 0.219 e. The van der Waals surface area contributed by atoms with Gasteiger partial charge >= 0.3 is 0 Å². The monoisotopic (exact) mass is 493 g/mol. The minimum Gasteiger partial charge on any atom is -0.342 e. The molecule has 194 valence electrons. The van der Waals surface area contributed by atoms with Gasteiger partial charge in [-0.1, -0.05) is 19.1 Å². The number of carbonyl (C=O) groups excluding carboxylic acids is 1. The summed E-state index contributed by atoms with van der Waals surface area (Å²) in [6, 6.07) is 8.74. The average Bonchev–Trinajstić information content (AvgIpc) is 3.49. The number of halogens is 1. The van der Waals surface area contributed by atoms with Crippen LogP contribution in [0.4, 0.5) is 4.39 Å². The molecule has 1 unspecified atom stereocenters. The molecule has 0 aliphatic carbocycles. The maximum atomic E-state index is 14.1. The van der Waals surface area contributed by atoms with Gasteiger partial charge in [-0.25, -0.2) is 9.37 Å². The molecule has 2 aromatic rings. The van der Waals surface area contributed by atoms with Gasteiger partial charge < -0.3 is 9.47 Å². The van der Waals surface area contributed by atoms with Crippen LogP contribution in [-0.4, -0.2) is 75.0 Å². The van der Waals surface area contributed by atoms with Crippen LogP contribution in [0.3, 0.4) is 0 Å². The Morgan fingerprint density at radius 3 is 2.61 bits per heavy atom. The Kier molecular flexibility index (Phi) is 6.41. The highest BCUT2D eigenvalue weighted by Crippen LogP contribution is 2.44. The molecule has 5 heterocycles. The maximum absolute atomic E-state index is 14.1. The molecular formula is C29H40FN5O. The molecular weight excluding hydrogens is 453 g/mol. The predicted molar refractivity (Wildman–Crippen MR) is 138 cm³/mol. The van der Waals surface area contributed by atoms with Crippen molar-refractivity contribution in [3.63, 3.8) is 0 Å². The number of nitrogens with zero attached hydrogens (tertiary/aromatic N) is 5. The zero-order valence-electron chi connectivity index (χ0n) is 22.0. The van der Waals surface area contributed by atoms with Gasteiger partial charge in [0.15, 0.2) is 0 Å². The van der Waals surface area contributed by atoms with E-state index in [1.807, 2.05) is 11.0 Å². The van der Waals surface area contributed by atoms with Crippen LogP contribution in [0.15, 0.2) is 24.3 Å². The quantitative estimate of drug-likeness (QED) is 0.628. The third-order valence-corrected chi connectivity index (χ3v) is 9.59. The lowest BCUT2D eigenvalue weighted by Crippen LogP contribution is -2.47. The first kappa shape index (κ1) is 24.1. The molecule has 6 nitrogen and oxygen atoms in total. The van der Waals surface area contributed by atoms with Gasteiger partial charge in [-0.2, -0.15) is 0 Å². The van der Waals surface area contributed by atoms with Crippen molar-refractivity contribution in [2.75, 3.05) is 32.7 Å². The van der Waals surface area contributed by atoms with E-state index in [-0.39, 0.29) is 17.6 Å². The lowest BCUT2D eigenvalue weighted by atomic mass is 9.87. The Morgan fingerprint density at radius 1 is 1.14 bits per heavy atom. The highest BCUT2D eigenvalue weighted by molar-refractivity contribution is 5.73. The van der Waals surface area contributed by atoms with Crippen LogP contribution in [0.1, 0.15) is 74.3 Å². The zero-order valence-corrected chi connectivity index (χ0v) is 22.0. The molecule has 7 heteroatoms. The fourth-order valence-electron chi connectivity index (χ4n) is 7.80. The molecule has 0 saturated carbocycles. The van der Waals surface area contributed by atoms with Gasteiger partial charge in [0.2, 0.25) is 5.91 Å². The highest BCUT2D eigenvalue weighted by atomic mass is 19.1. The van der Waals surface area contributed by atoms with Gasteiger partial charge in [0.25, 0.3) is 0 Å². The molecule has 0 radical (unpaired) electrons. The number of hydrogen-bond donors (Lipinski definition) is 0. The summed E-state index contributed by atoms with van der Waals surface area (Å²) in [5.74, 6) is 1.68. The van der Waals surface area contributed by atoms with Crippen LogP contribution in [-0.2, 0) is 17.8 Å². The number of aryl methyl sites for hydroxylation is 1. The van der Waals surface area contributed by atoms with Crippen molar-refractivity contribution < 1.29 is 9.18 Å². The van der Waals surface area contributed by atoms with Gasteiger partial charge in [-0.05, 0) is 62.8 Å². The number of amides is 1. The van der Waals surface area contributed by atoms with Crippen LogP contribution in [0.25, 0.3) is 0 Å². The Hall–Kier alpha value is -2.25. The second-order valence-electron chi connectivity index (χ2n) is 11.6. The standard InChI is InChI=1S/C29H40FN5O/c1-4-32-11-10-29-28(18-32)31-19(2)35(29)26-13-24-8-9-25(14-26)34(24)16-22-15-33(20(3)36)17-27(22)21-6-5-7-23(30)12-21/h5-7,12,22,24-27H,4,8-11,13-18H2,1-3H3/t22-,24-,25+,26?,27-/m1/s1. The van der Waals surface area contributed by atoms with Crippen LogP contribution in [0, 0.1) is 18.7 Å². The van der Waals surface area contributed by atoms with Crippen LogP contribution >= 0.6 is 0 Å². The SMILES string of the molecule is CCN1CCc2c(nc(C)n2C2C[C@H]3CC[C@@H](C2)N3C[C@H]2CN(C(C)=O)C[C@@H]2c2cccc(F)c2)C1. The number of piperidine rings is 1. The number of imidazole rings is 1. The average molecular weight is 494 g/mol. The molecule has 0 spiro atoms. The molecule has 3 saturated heterocycles. The first-order valence-electron chi connectivity index (χ1n) is 14.0. The fraction of sp³-hybridized carbons (Fsp3) is 0.655. The van der Waals surface area contributed by atoms with Crippen molar-refractivity contribution >= 4 is 5.91 Å². The fourth-order valence-corrected chi connectivity index (χ4v) is 7.80. The summed E-state index contributed by atoms with van der Waals surface area (Å²) in [7, 11) is 0. The summed E-state index contributed by atoms with van der Waals surface area (Å²) in [6.45, 7) is 11.8. The molecule has 1 amide bonds. The summed E-state index contributed by atoms with van der Waals surface area (Å²) in [5.41, 5.74) is 3.81. The number of likely N-dealkylation sites (N-methyl/N-ethyl adjacent to an activating group) is 1. The molecule has 36 heavy (non-hydrogen) atoms. The van der Waals surface area contributed by atoms with Crippen molar-refractivity contribution in [1.29, 1.82) is 0 Å². The van der Waals surface area contributed by atoms with Crippen LogP contribution in [0.5, 0.6) is 0 Å². The Morgan fingerprint density at radius 2 is 1.92 bits per heavy atom. The van der Waals surface area contributed by atoms with Crippen molar-refractivity contribution in [2.24, 2.45) is 5.92 Å². The molecule has 4 aliphatic heterocycles. The van der Waals surface area contributed by atoms with E-state index < -0.39 is 0 Å². The molecule has 0 N–H and O–H groups in total. The van der Waals surface area contributed by atoms with E-state index in [1.54, 1.807) is 19.1 Å². The van der Waals surface area contributed by atoms with Gasteiger partial charge in [0.05, 0.1) is 5.69 Å². The van der Waals surface area contributed by atoms with Crippen molar-refractivity contribution in [2.45, 2.75) is 83.5 Å². The largest absolute Gasteiger partial charge is 0.342 e. The lowest BCUT2D eigenvalue weighted by Gasteiger charge is -2.42. The number of hydrogen-bond acceptors (Lipinski definition) is 4. The molecule has 1 aromatic carbocycles. The number of likely N-dealkylation sites (tertiary alicyclic amines) is 1. The third-order valence-electron chi connectivity index (χ3n) is 9.59. The van der Waals surface area contributed by atoms with Gasteiger partial charge in [0.1, 0.15) is 11.6 Å².